The Morgan fingerprint density at radius 1 is 1.29 bits per heavy atom. The summed E-state index contributed by atoms with van der Waals surface area (Å²) in [5.74, 6) is 0. The molecule has 0 spiro atoms. The number of hydrogen-bond acceptors (Lipinski definition) is 4. The van der Waals surface area contributed by atoms with Gasteiger partial charge >= 0.3 is 0 Å². The van der Waals surface area contributed by atoms with Crippen molar-refractivity contribution in [3.05, 3.63) is 12.2 Å². The largest absolute Gasteiger partial charge is 0.353 e. The van der Waals surface area contributed by atoms with Crippen LogP contribution in [0.1, 0.15) is 78.1 Å². The van der Waals surface area contributed by atoms with E-state index in [2.05, 4.69) is 31.1 Å². The van der Waals surface area contributed by atoms with E-state index < -0.39 is 0 Å². The van der Waals surface area contributed by atoms with Crippen LogP contribution in [0.15, 0.2) is 17.3 Å². The average Bonchev–Trinajstić information content (AvgIpc) is 2.58. The molecule has 0 aromatic rings. The standard InChI is InChI=1S/C20H38N2O2/c1-5-7-8-9-13-18(21-22(3)4)14-12-15-19(6-2)24-20-16-10-11-17-23-20/h5,7,19-20H,6,8-17H2,1-4H3/b7-5+,21-18+/t19-,20?/m1/s1. The van der Waals surface area contributed by atoms with E-state index in [4.69, 9.17) is 9.47 Å². The minimum absolute atomic E-state index is 0.0273. The minimum Gasteiger partial charge on any atom is -0.353 e. The second kappa shape index (κ2) is 13.4. The van der Waals surface area contributed by atoms with E-state index in [0.717, 1.165) is 51.6 Å². The van der Waals surface area contributed by atoms with E-state index >= 15 is 0 Å². The third kappa shape index (κ3) is 10.1. The molecular weight excluding hydrogens is 300 g/mol. The summed E-state index contributed by atoms with van der Waals surface area (Å²) in [7, 11) is 4.01. The van der Waals surface area contributed by atoms with Crippen LogP contribution in [0.2, 0.25) is 0 Å². The molecule has 4 heteroatoms. The molecular formula is C20H38N2O2. The summed E-state index contributed by atoms with van der Waals surface area (Å²) in [5.41, 5.74) is 1.31. The Balaban J connectivity index is 2.32. The molecule has 24 heavy (non-hydrogen) atoms. The molecule has 0 aliphatic carbocycles. The van der Waals surface area contributed by atoms with E-state index in [1.807, 2.05) is 19.1 Å². The summed E-state index contributed by atoms with van der Waals surface area (Å²) >= 11 is 0. The Bertz CT molecular complexity index is 361. The summed E-state index contributed by atoms with van der Waals surface area (Å²) in [5, 5.41) is 6.60. The third-order valence-electron chi connectivity index (χ3n) is 4.34. The fourth-order valence-electron chi connectivity index (χ4n) is 3.03. The van der Waals surface area contributed by atoms with Crippen molar-refractivity contribution in [2.45, 2.75) is 90.4 Å². The maximum atomic E-state index is 6.13. The zero-order valence-corrected chi connectivity index (χ0v) is 16.3. The smallest absolute Gasteiger partial charge is 0.157 e. The lowest BCUT2D eigenvalue weighted by molar-refractivity contribution is -0.189. The van der Waals surface area contributed by atoms with Gasteiger partial charge in [0.05, 0.1) is 6.10 Å². The van der Waals surface area contributed by atoms with Gasteiger partial charge in [0.25, 0.3) is 0 Å². The minimum atomic E-state index is 0.0273. The van der Waals surface area contributed by atoms with Gasteiger partial charge in [-0.25, -0.2) is 0 Å². The Kier molecular flexibility index (Phi) is 11.8. The van der Waals surface area contributed by atoms with Crippen molar-refractivity contribution in [1.82, 2.24) is 5.01 Å². The van der Waals surface area contributed by atoms with Gasteiger partial charge in [-0.2, -0.15) is 5.10 Å². The SMILES string of the molecule is C/C=C/CCC/C(CCC[C@@H](CC)OC1CCCCO1)=N\N(C)C. The summed E-state index contributed by atoms with van der Waals surface area (Å²) in [6.45, 7) is 5.14. The summed E-state index contributed by atoms with van der Waals surface area (Å²) in [6, 6.07) is 0. The first-order chi connectivity index (χ1) is 11.7. The molecule has 0 saturated carbocycles. The Morgan fingerprint density at radius 3 is 2.71 bits per heavy atom. The highest BCUT2D eigenvalue weighted by Gasteiger charge is 2.18. The average molecular weight is 339 g/mol. The lowest BCUT2D eigenvalue weighted by Gasteiger charge is -2.27. The number of rotatable bonds is 12. The van der Waals surface area contributed by atoms with Crippen LogP contribution in [0, 0.1) is 0 Å². The van der Waals surface area contributed by atoms with Gasteiger partial charge in [0.15, 0.2) is 6.29 Å². The van der Waals surface area contributed by atoms with Gasteiger partial charge in [-0.1, -0.05) is 19.1 Å². The van der Waals surface area contributed by atoms with E-state index in [0.29, 0.717) is 6.10 Å². The van der Waals surface area contributed by atoms with Gasteiger partial charge in [-0.15, -0.1) is 0 Å². The lowest BCUT2D eigenvalue weighted by atomic mass is 10.0. The van der Waals surface area contributed by atoms with Crippen molar-refractivity contribution in [1.29, 1.82) is 0 Å². The quantitative estimate of drug-likeness (QED) is 0.214. The molecule has 4 nitrogen and oxygen atoms in total. The normalized spacial score (nSPS) is 20.5. The van der Waals surface area contributed by atoms with E-state index in [1.165, 1.54) is 25.0 Å². The molecule has 0 aromatic carbocycles. The maximum absolute atomic E-state index is 6.13. The van der Waals surface area contributed by atoms with Gasteiger partial charge in [-0.05, 0) is 71.1 Å². The van der Waals surface area contributed by atoms with E-state index in [1.54, 1.807) is 0 Å². The summed E-state index contributed by atoms with van der Waals surface area (Å²) in [6.07, 6.45) is 15.9. The van der Waals surface area contributed by atoms with E-state index in [9.17, 15) is 0 Å². The molecule has 1 heterocycles. The highest BCUT2D eigenvalue weighted by atomic mass is 16.7. The number of hydrogen-bond donors (Lipinski definition) is 0. The van der Waals surface area contributed by atoms with Crippen molar-refractivity contribution in [3.8, 4) is 0 Å². The second-order valence-corrected chi connectivity index (χ2v) is 6.83. The number of ether oxygens (including phenoxy) is 2. The number of nitrogens with zero attached hydrogens (tertiary/aromatic N) is 2. The van der Waals surface area contributed by atoms with Crippen molar-refractivity contribution >= 4 is 5.71 Å². The molecule has 140 valence electrons. The monoisotopic (exact) mass is 338 g/mol. The fourth-order valence-corrected chi connectivity index (χ4v) is 3.03. The molecule has 0 aromatic heterocycles. The molecule has 1 fully saturated rings. The van der Waals surface area contributed by atoms with Crippen LogP contribution in [0.25, 0.3) is 0 Å². The summed E-state index contributed by atoms with van der Waals surface area (Å²) in [4.78, 5) is 0. The first-order valence-corrected chi connectivity index (χ1v) is 9.77. The van der Waals surface area contributed by atoms with Crippen LogP contribution >= 0.6 is 0 Å². The Labute approximate surface area is 149 Å². The number of hydrazone groups is 1. The van der Waals surface area contributed by atoms with Gasteiger partial charge in [0.1, 0.15) is 0 Å². The molecule has 1 aliphatic heterocycles. The fraction of sp³-hybridized carbons (Fsp3) is 0.850. The molecule has 0 amide bonds. The Hall–Kier alpha value is -0.870. The first kappa shape index (κ1) is 21.2. The van der Waals surface area contributed by atoms with Crippen molar-refractivity contribution in [2.24, 2.45) is 5.10 Å². The van der Waals surface area contributed by atoms with Crippen LogP contribution in [0.4, 0.5) is 0 Å². The summed E-state index contributed by atoms with van der Waals surface area (Å²) < 4.78 is 11.8. The number of allylic oxidation sites excluding steroid dienone is 2. The van der Waals surface area contributed by atoms with Crippen LogP contribution in [-0.2, 0) is 9.47 Å². The molecule has 0 bridgehead atoms. The molecule has 2 atom stereocenters. The molecule has 0 radical (unpaired) electrons. The third-order valence-corrected chi connectivity index (χ3v) is 4.34. The maximum Gasteiger partial charge on any atom is 0.157 e. The van der Waals surface area contributed by atoms with Gasteiger partial charge < -0.3 is 14.5 Å². The van der Waals surface area contributed by atoms with Crippen molar-refractivity contribution < 1.29 is 9.47 Å². The molecule has 1 unspecified atom stereocenters. The topological polar surface area (TPSA) is 34.1 Å². The van der Waals surface area contributed by atoms with E-state index in [-0.39, 0.29) is 6.29 Å². The van der Waals surface area contributed by atoms with Crippen LogP contribution in [0.5, 0.6) is 0 Å². The van der Waals surface area contributed by atoms with Crippen LogP contribution in [-0.4, -0.2) is 43.8 Å². The molecule has 1 rings (SSSR count). The van der Waals surface area contributed by atoms with Crippen molar-refractivity contribution in [2.75, 3.05) is 20.7 Å². The first-order valence-electron chi connectivity index (χ1n) is 9.77. The van der Waals surface area contributed by atoms with Crippen molar-refractivity contribution in [3.63, 3.8) is 0 Å². The van der Waals surface area contributed by atoms with Crippen LogP contribution < -0.4 is 0 Å². The Morgan fingerprint density at radius 2 is 2.08 bits per heavy atom. The molecule has 1 aliphatic rings. The molecule has 0 N–H and O–H groups in total. The van der Waals surface area contributed by atoms with Crippen LogP contribution in [0.3, 0.4) is 0 Å². The van der Waals surface area contributed by atoms with Gasteiger partial charge in [-0.3, -0.25) is 0 Å². The lowest BCUT2D eigenvalue weighted by Crippen LogP contribution is -2.27. The second-order valence-electron chi connectivity index (χ2n) is 6.83. The zero-order chi connectivity index (χ0) is 17.6. The van der Waals surface area contributed by atoms with Gasteiger partial charge in [0.2, 0.25) is 0 Å². The highest BCUT2D eigenvalue weighted by molar-refractivity contribution is 5.84. The number of unbranched alkanes of at least 4 members (excludes halogenated alkanes) is 1. The van der Waals surface area contributed by atoms with Gasteiger partial charge in [0, 0.05) is 26.4 Å². The predicted molar refractivity (Wildman–Crippen MR) is 102 cm³/mol. The highest BCUT2D eigenvalue weighted by Crippen LogP contribution is 2.19. The predicted octanol–water partition coefficient (Wildman–Crippen LogP) is 5.14. The zero-order valence-electron chi connectivity index (χ0n) is 16.3. The molecule has 1 saturated heterocycles.